The minimum atomic E-state index is 0.354. The maximum absolute atomic E-state index is 2.36. The van der Waals surface area contributed by atoms with Crippen molar-refractivity contribution in [1.82, 2.24) is 0 Å². The van der Waals surface area contributed by atoms with E-state index in [9.17, 15) is 0 Å². The Balaban J connectivity index is 1.23. The van der Waals surface area contributed by atoms with E-state index in [1.54, 1.807) is 0 Å². The molecule has 1 aliphatic carbocycles. The number of nitrogens with zero attached hydrogens (tertiary/aromatic N) is 1. The second-order valence-electron chi connectivity index (χ2n) is 13.3. The van der Waals surface area contributed by atoms with Crippen molar-refractivity contribution < 1.29 is 0 Å². The number of allylic oxidation sites excluding steroid dienone is 5. The van der Waals surface area contributed by atoms with Gasteiger partial charge in [0.1, 0.15) is 0 Å². The predicted molar refractivity (Wildman–Crippen MR) is 216 cm³/mol. The highest BCUT2D eigenvalue weighted by Gasteiger charge is 2.16. The summed E-state index contributed by atoms with van der Waals surface area (Å²) >= 11 is 0. The van der Waals surface area contributed by atoms with Crippen LogP contribution in [-0.4, -0.2) is 0 Å². The van der Waals surface area contributed by atoms with Crippen LogP contribution < -0.4 is 4.90 Å². The summed E-state index contributed by atoms with van der Waals surface area (Å²) in [4.78, 5) is 2.34. The van der Waals surface area contributed by atoms with Crippen molar-refractivity contribution in [1.29, 1.82) is 0 Å². The Kier molecular flexibility index (Phi) is 9.85. The smallest absolute Gasteiger partial charge is 0.0462 e. The van der Waals surface area contributed by atoms with Gasteiger partial charge in [0.25, 0.3) is 0 Å². The third kappa shape index (κ3) is 7.69. The normalized spacial score (nSPS) is 14.5. The molecule has 0 aromatic heterocycles. The van der Waals surface area contributed by atoms with E-state index in [0.29, 0.717) is 5.92 Å². The molecule has 244 valence electrons. The van der Waals surface area contributed by atoms with Gasteiger partial charge in [-0.3, -0.25) is 0 Å². The first kappa shape index (κ1) is 32.6. The summed E-state index contributed by atoms with van der Waals surface area (Å²) in [5.41, 5.74) is 15.8. The summed E-state index contributed by atoms with van der Waals surface area (Å²) in [5, 5.41) is 0. The van der Waals surface area contributed by atoms with Gasteiger partial charge in [0, 0.05) is 23.0 Å². The molecule has 6 aromatic rings. The second kappa shape index (κ2) is 15.1. The summed E-state index contributed by atoms with van der Waals surface area (Å²) in [6.07, 6.45) is 14.6. The van der Waals surface area contributed by atoms with Crippen LogP contribution in [0.25, 0.3) is 23.3 Å². The summed E-state index contributed by atoms with van der Waals surface area (Å²) in [6.45, 7) is 6.41. The zero-order chi connectivity index (χ0) is 34.3. The summed E-state index contributed by atoms with van der Waals surface area (Å²) in [7, 11) is 0. The zero-order valence-corrected chi connectivity index (χ0v) is 29.1. The Morgan fingerprint density at radius 3 is 1.46 bits per heavy atom. The van der Waals surface area contributed by atoms with Crippen molar-refractivity contribution in [3.63, 3.8) is 0 Å². The molecule has 0 bridgehead atoms. The molecule has 6 aromatic carbocycles. The Bertz CT molecular complexity index is 2140. The van der Waals surface area contributed by atoms with Crippen LogP contribution in [0.2, 0.25) is 0 Å². The van der Waals surface area contributed by atoms with Gasteiger partial charge in [-0.15, -0.1) is 0 Å². The Hall–Kier alpha value is -5.92. The van der Waals surface area contributed by atoms with Gasteiger partial charge in [-0.25, -0.2) is 0 Å². The number of hydrogen-bond donors (Lipinski definition) is 0. The molecule has 0 saturated heterocycles. The van der Waals surface area contributed by atoms with E-state index in [-0.39, 0.29) is 0 Å². The van der Waals surface area contributed by atoms with Crippen LogP contribution in [0.5, 0.6) is 0 Å². The number of rotatable bonds is 9. The van der Waals surface area contributed by atoms with E-state index in [0.717, 1.165) is 29.0 Å². The molecular weight excluding hydrogens is 603 g/mol. The van der Waals surface area contributed by atoms with Gasteiger partial charge in [0.05, 0.1) is 0 Å². The second-order valence-corrected chi connectivity index (χ2v) is 13.3. The molecule has 0 saturated carbocycles. The van der Waals surface area contributed by atoms with Gasteiger partial charge in [-0.1, -0.05) is 162 Å². The maximum atomic E-state index is 2.36. The first-order valence-corrected chi connectivity index (χ1v) is 17.5. The van der Waals surface area contributed by atoms with Crippen molar-refractivity contribution in [3.8, 4) is 0 Å². The number of aryl methyl sites for hydroxylation is 3. The molecule has 0 spiro atoms. The molecule has 0 fully saturated rings. The SMILES string of the molecule is Cc1ccc(C(=Cc2ccc(N(c3ccc(C)cc3)c3ccc(C=C(c4ccc(C)cc4)C4C=CC=CC4)cc3)cc2)c2ccccc2)cc1. The van der Waals surface area contributed by atoms with Crippen LogP contribution in [-0.2, 0) is 0 Å². The molecule has 7 rings (SSSR count). The van der Waals surface area contributed by atoms with Crippen molar-refractivity contribution in [3.05, 3.63) is 220 Å². The topological polar surface area (TPSA) is 3.24 Å². The summed E-state index contributed by atoms with van der Waals surface area (Å²) in [5.74, 6) is 0.354. The van der Waals surface area contributed by atoms with Crippen molar-refractivity contribution in [2.75, 3.05) is 4.90 Å². The Labute approximate surface area is 297 Å². The van der Waals surface area contributed by atoms with Crippen molar-refractivity contribution in [2.24, 2.45) is 5.92 Å². The lowest BCUT2D eigenvalue weighted by atomic mass is 9.86. The molecule has 1 heteroatoms. The standard InChI is InChI=1S/C49H43N/c1-36-14-24-43(25-15-36)48(41-10-6-4-7-11-41)34-39-20-30-46(31-21-39)50(45-28-18-38(3)19-29-45)47-32-22-40(23-33-47)35-49(42-12-8-5-9-13-42)44-26-16-37(2)17-27-44/h4-12,14-35,42H,13H2,1-3H3. The lowest BCUT2D eigenvalue weighted by molar-refractivity contribution is 0.846. The van der Waals surface area contributed by atoms with Gasteiger partial charge < -0.3 is 4.90 Å². The van der Waals surface area contributed by atoms with Gasteiger partial charge in [-0.2, -0.15) is 0 Å². The summed E-state index contributed by atoms with van der Waals surface area (Å²) in [6, 6.07) is 55.1. The van der Waals surface area contributed by atoms with Gasteiger partial charge in [0.15, 0.2) is 0 Å². The average Bonchev–Trinajstić information content (AvgIpc) is 3.16. The lowest BCUT2D eigenvalue weighted by Gasteiger charge is -2.26. The number of benzene rings is 6. The first-order valence-electron chi connectivity index (χ1n) is 17.5. The van der Waals surface area contributed by atoms with E-state index < -0.39 is 0 Å². The van der Waals surface area contributed by atoms with Crippen LogP contribution in [0.4, 0.5) is 17.1 Å². The maximum Gasteiger partial charge on any atom is 0.0462 e. The lowest BCUT2D eigenvalue weighted by Crippen LogP contribution is -2.10. The average molecular weight is 646 g/mol. The molecule has 0 radical (unpaired) electrons. The molecule has 1 atom stereocenters. The molecule has 50 heavy (non-hydrogen) atoms. The van der Waals surface area contributed by atoms with Crippen molar-refractivity contribution in [2.45, 2.75) is 27.2 Å². The van der Waals surface area contributed by atoms with E-state index in [1.165, 1.54) is 50.1 Å². The molecule has 0 amide bonds. The van der Waals surface area contributed by atoms with Crippen molar-refractivity contribution >= 4 is 40.4 Å². The monoisotopic (exact) mass is 645 g/mol. The fourth-order valence-electron chi connectivity index (χ4n) is 6.57. The minimum Gasteiger partial charge on any atom is -0.311 e. The molecule has 0 heterocycles. The Morgan fingerprint density at radius 1 is 0.480 bits per heavy atom. The van der Waals surface area contributed by atoms with E-state index in [4.69, 9.17) is 0 Å². The van der Waals surface area contributed by atoms with Crippen LogP contribution in [0.3, 0.4) is 0 Å². The van der Waals surface area contributed by atoms with Gasteiger partial charge >= 0.3 is 0 Å². The van der Waals surface area contributed by atoms with Crippen LogP contribution in [0.1, 0.15) is 50.9 Å². The summed E-state index contributed by atoms with van der Waals surface area (Å²) < 4.78 is 0. The van der Waals surface area contributed by atoms with Gasteiger partial charge in [0.2, 0.25) is 0 Å². The highest BCUT2D eigenvalue weighted by molar-refractivity contribution is 5.92. The quantitative estimate of drug-likeness (QED) is 0.141. The third-order valence-corrected chi connectivity index (χ3v) is 9.44. The van der Waals surface area contributed by atoms with Gasteiger partial charge in [-0.05, 0) is 109 Å². The largest absolute Gasteiger partial charge is 0.311 e. The van der Waals surface area contributed by atoms with E-state index in [2.05, 4.69) is 214 Å². The van der Waals surface area contributed by atoms with E-state index >= 15 is 0 Å². The minimum absolute atomic E-state index is 0.354. The molecule has 0 aliphatic heterocycles. The van der Waals surface area contributed by atoms with E-state index in [1.807, 2.05) is 0 Å². The number of anilines is 3. The predicted octanol–water partition coefficient (Wildman–Crippen LogP) is 13.3. The fraction of sp³-hybridized carbons (Fsp3) is 0.102. The third-order valence-electron chi connectivity index (χ3n) is 9.44. The molecular formula is C49H43N. The van der Waals surface area contributed by atoms with Crippen LogP contribution in [0.15, 0.2) is 176 Å². The highest BCUT2D eigenvalue weighted by Crippen LogP contribution is 2.37. The first-order chi connectivity index (χ1) is 24.5. The highest BCUT2D eigenvalue weighted by atomic mass is 15.1. The number of hydrogen-bond acceptors (Lipinski definition) is 1. The molecule has 1 nitrogen and oxygen atoms in total. The zero-order valence-electron chi connectivity index (χ0n) is 29.1. The fourth-order valence-corrected chi connectivity index (χ4v) is 6.57. The Morgan fingerprint density at radius 2 is 0.940 bits per heavy atom. The van der Waals surface area contributed by atoms with Crippen LogP contribution in [0, 0.1) is 26.7 Å². The molecule has 0 N–H and O–H groups in total. The molecule has 1 unspecified atom stereocenters. The van der Waals surface area contributed by atoms with Crippen LogP contribution >= 0.6 is 0 Å². The molecule has 1 aliphatic rings.